The van der Waals surface area contributed by atoms with Crippen molar-refractivity contribution in [1.29, 1.82) is 0 Å². The maximum Gasteiger partial charge on any atom is 0.169 e. The van der Waals surface area contributed by atoms with Crippen molar-refractivity contribution in [3.63, 3.8) is 0 Å². The molecule has 4 nitrogen and oxygen atoms in total. The number of hydrogen-bond donors (Lipinski definition) is 2. The Kier molecular flexibility index (Phi) is 9.00. The first kappa shape index (κ1) is 24.1. The average Bonchev–Trinajstić information content (AvgIpc) is 2.82. The first-order chi connectivity index (χ1) is 15.6. The lowest BCUT2D eigenvalue weighted by Gasteiger charge is -2.39. The van der Waals surface area contributed by atoms with E-state index in [1.807, 2.05) is 0 Å². The van der Waals surface area contributed by atoms with Gasteiger partial charge < -0.3 is 10.6 Å². The van der Waals surface area contributed by atoms with E-state index < -0.39 is 0 Å². The molecule has 2 fully saturated rings. The van der Waals surface area contributed by atoms with Crippen molar-refractivity contribution in [2.24, 2.45) is 0 Å². The molecule has 2 aliphatic rings. The van der Waals surface area contributed by atoms with Crippen LogP contribution in [0, 0.1) is 0 Å². The molecule has 0 bridgehead atoms. The highest BCUT2D eigenvalue weighted by Crippen LogP contribution is 2.27. The third-order valence-electron chi connectivity index (χ3n) is 6.38. The Hall–Kier alpha value is -0.990. The van der Waals surface area contributed by atoms with Gasteiger partial charge in [0.05, 0.1) is 0 Å². The Balaban J connectivity index is 1.54. The van der Waals surface area contributed by atoms with Gasteiger partial charge in [0.1, 0.15) is 12.3 Å². The predicted octanol–water partition coefficient (Wildman–Crippen LogP) is 6.34. The van der Waals surface area contributed by atoms with E-state index in [0.717, 1.165) is 35.1 Å². The topological polar surface area (TPSA) is 30.5 Å². The van der Waals surface area contributed by atoms with Crippen molar-refractivity contribution < 1.29 is 0 Å². The third-order valence-corrected chi connectivity index (χ3v) is 7.60. The number of rotatable bonds is 6. The average molecular weight is 580 g/mol. The summed E-state index contributed by atoms with van der Waals surface area (Å²) in [5.74, 6) is 0. The SMILES string of the molecule is S=C(NC(c1cccc(Br)c1)N1CCCCC1)NC(c1cccc(Br)c1)N1CCCCC1. The molecule has 2 aromatic carbocycles. The summed E-state index contributed by atoms with van der Waals surface area (Å²) in [6.45, 7) is 4.36. The predicted molar refractivity (Wildman–Crippen MR) is 143 cm³/mol. The molecular formula is C25H32Br2N4S. The number of halogens is 2. The monoisotopic (exact) mass is 578 g/mol. The smallest absolute Gasteiger partial charge is 0.169 e. The minimum Gasteiger partial charge on any atom is -0.343 e. The second-order valence-electron chi connectivity index (χ2n) is 8.73. The van der Waals surface area contributed by atoms with Gasteiger partial charge in [-0.05, 0) is 73.3 Å². The Morgan fingerprint density at radius 2 is 1.09 bits per heavy atom. The molecule has 7 heteroatoms. The molecule has 0 aliphatic carbocycles. The highest BCUT2D eigenvalue weighted by Gasteiger charge is 2.26. The molecule has 32 heavy (non-hydrogen) atoms. The number of thiocarbonyl (C=S) groups is 1. The van der Waals surface area contributed by atoms with Crippen LogP contribution >= 0.6 is 44.1 Å². The van der Waals surface area contributed by atoms with Crippen molar-refractivity contribution in [1.82, 2.24) is 20.4 Å². The molecule has 4 rings (SSSR count). The minimum atomic E-state index is 0.0670. The van der Waals surface area contributed by atoms with Gasteiger partial charge in [0.15, 0.2) is 5.11 Å². The molecule has 172 valence electrons. The second kappa shape index (κ2) is 11.9. The van der Waals surface area contributed by atoms with Gasteiger partial charge in [0.25, 0.3) is 0 Å². The van der Waals surface area contributed by atoms with Gasteiger partial charge in [-0.15, -0.1) is 0 Å². The van der Waals surface area contributed by atoms with Crippen molar-refractivity contribution in [3.8, 4) is 0 Å². The van der Waals surface area contributed by atoms with E-state index in [0.29, 0.717) is 5.11 Å². The second-order valence-corrected chi connectivity index (χ2v) is 11.0. The van der Waals surface area contributed by atoms with Gasteiger partial charge in [-0.25, -0.2) is 0 Å². The summed E-state index contributed by atoms with van der Waals surface area (Å²) in [5.41, 5.74) is 2.48. The van der Waals surface area contributed by atoms with E-state index in [-0.39, 0.29) is 12.3 Å². The Morgan fingerprint density at radius 3 is 1.47 bits per heavy atom. The molecule has 0 radical (unpaired) electrons. The number of piperidine rings is 2. The fourth-order valence-corrected chi connectivity index (χ4v) is 5.82. The summed E-state index contributed by atoms with van der Waals surface area (Å²) in [7, 11) is 0. The summed E-state index contributed by atoms with van der Waals surface area (Å²) in [5, 5.41) is 8.05. The van der Waals surface area contributed by atoms with E-state index in [9.17, 15) is 0 Å². The zero-order valence-electron chi connectivity index (χ0n) is 18.4. The van der Waals surface area contributed by atoms with Gasteiger partial charge in [-0.1, -0.05) is 69.0 Å². The first-order valence-electron chi connectivity index (χ1n) is 11.7. The maximum atomic E-state index is 5.91. The van der Waals surface area contributed by atoms with Crippen LogP contribution in [-0.2, 0) is 0 Å². The molecule has 2 aliphatic heterocycles. The van der Waals surface area contributed by atoms with Gasteiger partial charge in [0, 0.05) is 35.1 Å². The van der Waals surface area contributed by atoms with Gasteiger partial charge in [-0.3, -0.25) is 9.80 Å². The van der Waals surface area contributed by atoms with Gasteiger partial charge in [-0.2, -0.15) is 0 Å². The molecule has 0 saturated carbocycles. The zero-order valence-corrected chi connectivity index (χ0v) is 22.4. The Labute approximate surface area is 214 Å². The van der Waals surface area contributed by atoms with Crippen molar-refractivity contribution >= 4 is 49.2 Å². The molecular weight excluding hydrogens is 548 g/mol. The van der Waals surface area contributed by atoms with E-state index >= 15 is 0 Å². The highest BCUT2D eigenvalue weighted by atomic mass is 79.9. The van der Waals surface area contributed by atoms with Crippen LogP contribution in [0.25, 0.3) is 0 Å². The quantitative estimate of drug-likeness (QED) is 0.390. The van der Waals surface area contributed by atoms with Crippen LogP contribution in [0.5, 0.6) is 0 Å². The van der Waals surface area contributed by atoms with Gasteiger partial charge in [0.2, 0.25) is 0 Å². The lowest BCUT2D eigenvalue weighted by atomic mass is 10.1. The zero-order chi connectivity index (χ0) is 22.3. The van der Waals surface area contributed by atoms with E-state index in [2.05, 4.69) is 101 Å². The van der Waals surface area contributed by atoms with Crippen LogP contribution in [0.3, 0.4) is 0 Å². The number of nitrogens with zero attached hydrogens (tertiary/aromatic N) is 2. The maximum absolute atomic E-state index is 5.91. The third kappa shape index (κ3) is 6.54. The molecule has 2 atom stereocenters. The van der Waals surface area contributed by atoms with Crippen molar-refractivity contribution in [3.05, 3.63) is 68.6 Å². The molecule has 2 unspecified atom stereocenters. The molecule has 0 spiro atoms. The number of benzene rings is 2. The normalized spacial score (nSPS) is 19.8. The number of nitrogens with one attached hydrogen (secondary N) is 2. The molecule has 2 aromatic rings. The number of likely N-dealkylation sites (tertiary alicyclic amines) is 2. The first-order valence-corrected chi connectivity index (χ1v) is 13.7. The van der Waals surface area contributed by atoms with Crippen LogP contribution in [0.2, 0.25) is 0 Å². The van der Waals surface area contributed by atoms with Crippen LogP contribution in [-0.4, -0.2) is 41.1 Å². The van der Waals surface area contributed by atoms with Gasteiger partial charge >= 0.3 is 0 Å². The number of hydrogen-bond acceptors (Lipinski definition) is 3. The summed E-state index contributed by atoms with van der Waals surface area (Å²) in [4.78, 5) is 5.04. The molecule has 2 heterocycles. The van der Waals surface area contributed by atoms with E-state index in [1.54, 1.807) is 0 Å². The van der Waals surface area contributed by atoms with Crippen LogP contribution in [0.4, 0.5) is 0 Å². The largest absolute Gasteiger partial charge is 0.343 e. The summed E-state index contributed by atoms with van der Waals surface area (Å²) in [6, 6.07) is 17.1. The van der Waals surface area contributed by atoms with Crippen LogP contribution in [0.1, 0.15) is 62.0 Å². The van der Waals surface area contributed by atoms with Crippen molar-refractivity contribution in [2.45, 2.75) is 50.9 Å². The summed E-state index contributed by atoms with van der Waals surface area (Å²) >= 11 is 13.2. The van der Waals surface area contributed by atoms with Crippen molar-refractivity contribution in [2.75, 3.05) is 26.2 Å². The van der Waals surface area contributed by atoms with Crippen LogP contribution in [0.15, 0.2) is 57.5 Å². The Bertz CT molecular complexity index is 826. The molecule has 0 aromatic heterocycles. The highest BCUT2D eigenvalue weighted by molar-refractivity contribution is 9.10. The summed E-state index contributed by atoms with van der Waals surface area (Å²) < 4.78 is 2.19. The lowest BCUT2D eigenvalue weighted by molar-refractivity contribution is 0.141. The van der Waals surface area contributed by atoms with E-state index in [1.165, 1.54) is 49.7 Å². The Morgan fingerprint density at radius 1 is 0.688 bits per heavy atom. The minimum absolute atomic E-state index is 0.0670. The van der Waals surface area contributed by atoms with E-state index in [4.69, 9.17) is 12.2 Å². The van der Waals surface area contributed by atoms with Crippen LogP contribution < -0.4 is 10.6 Å². The summed E-state index contributed by atoms with van der Waals surface area (Å²) in [6.07, 6.45) is 7.70. The molecule has 0 amide bonds. The fourth-order valence-electron chi connectivity index (χ4n) is 4.77. The molecule has 2 N–H and O–H groups in total. The molecule has 2 saturated heterocycles. The fraction of sp³-hybridized carbons (Fsp3) is 0.480. The standard InChI is InChI=1S/C25H32Br2N4S/c26-21-11-7-9-19(17-21)23(30-13-3-1-4-14-30)28-25(32)29-24(31-15-5-2-6-16-31)20-10-8-12-22(27)18-20/h7-12,17-18,23-24H,1-6,13-16H2,(H2,28,29,32). The lowest BCUT2D eigenvalue weighted by Crippen LogP contribution is -2.51.